The zero-order valence-electron chi connectivity index (χ0n) is 15.8. The number of piperidine rings is 1. The Morgan fingerprint density at radius 1 is 1.15 bits per heavy atom. The molecule has 0 unspecified atom stereocenters. The van der Waals surface area contributed by atoms with Crippen LogP contribution in [0.25, 0.3) is 0 Å². The minimum absolute atomic E-state index is 0.0784. The molecular weight excluding hydrogens is 344 g/mol. The third-order valence-corrected chi connectivity index (χ3v) is 5.41. The second-order valence-electron chi connectivity index (χ2n) is 7.41. The van der Waals surface area contributed by atoms with E-state index in [-0.39, 0.29) is 24.3 Å². The molecule has 4 amide bonds. The molecule has 2 aliphatic heterocycles. The molecule has 146 valence electrons. The number of carbonyl (C=O) groups is 3. The molecule has 0 saturated carbocycles. The van der Waals surface area contributed by atoms with Crippen molar-refractivity contribution in [3.05, 3.63) is 35.9 Å². The third kappa shape index (κ3) is 5.29. The molecule has 0 aromatic heterocycles. The van der Waals surface area contributed by atoms with Crippen molar-refractivity contribution in [1.29, 1.82) is 0 Å². The number of carbonyl (C=O) groups excluding carboxylic acids is 3. The van der Waals surface area contributed by atoms with Gasteiger partial charge >= 0.3 is 6.03 Å². The van der Waals surface area contributed by atoms with Crippen molar-refractivity contribution in [2.45, 2.75) is 44.2 Å². The summed E-state index contributed by atoms with van der Waals surface area (Å²) in [6.45, 7) is 2.53. The standard InChI is InChI=1S/C20H28N4O3/c1-23-12-10-16(11-13-23)24(14-9-15-5-3-2-4-6-15)19(26)17-7-8-18(25)22-20(27)21-17/h2-6,16-17H,7-14H2,1H3,(H2,21,22,25,27)/t17-/m0/s1. The molecule has 2 saturated heterocycles. The first-order chi connectivity index (χ1) is 13.0. The zero-order chi connectivity index (χ0) is 19.2. The van der Waals surface area contributed by atoms with Crippen LogP contribution in [0.4, 0.5) is 4.79 Å². The molecule has 0 spiro atoms. The van der Waals surface area contributed by atoms with E-state index in [0.717, 1.165) is 32.4 Å². The highest BCUT2D eigenvalue weighted by Gasteiger charge is 2.33. The van der Waals surface area contributed by atoms with Gasteiger partial charge in [0.25, 0.3) is 0 Å². The molecule has 27 heavy (non-hydrogen) atoms. The van der Waals surface area contributed by atoms with E-state index in [1.165, 1.54) is 5.56 Å². The number of benzene rings is 1. The molecule has 0 bridgehead atoms. The van der Waals surface area contributed by atoms with Gasteiger partial charge in [0.15, 0.2) is 0 Å². The fraction of sp³-hybridized carbons (Fsp3) is 0.550. The Morgan fingerprint density at radius 2 is 1.85 bits per heavy atom. The predicted molar refractivity (Wildman–Crippen MR) is 102 cm³/mol. The lowest BCUT2D eigenvalue weighted by molar-refractivity contribution is -0.136. The molecule has 7 nitrogen and oxygen atoms in total. The Balaban J connectivity index is 1.72. The van der Waals surface area contributed by atoms with Crippen molar-refractivity contribution in [2.75, 3.05) is 26.7 Å². The van der Waals surface area contributed by atoms with Crippen molar-refractivity contribution in [1.82, 2.24) is 20.4 Å². The van der Waals surface area contributed by atoms with Gasteiger partial charge in [0.05, 0.1) is 0 Å². The van der Waals surface area contributed by atoms with E-state index in [1.54, 1.807) is 0 Å². The molecule has 1 atom stereocenters. The fourth-order valence-electron chi connectivity index (χ4n) is 3.79. The van der Waals surface area contributed by atoms with Gasteiger partial charge in [-0.15, -0.1) is 0 Å². The zero-order valence-corrected chi connectivity index (χ0v) is 15.8. The first kappa shape index (κ1) is 19.4. The summed E-state index contributed by atoms with van der Waals surface area (Å²) in [4.78, 5) is 40.9. The first-order valence-electron chi connectivity index (χ1n) is 9.66. The van der Waals surface area contributed by atoms with Crippen LogP contribution in [0.3, 0.4) is 0 Å². The van der Waals surface area contributed by atoms with Crippen molar-refractivity contribution in [3.63, 3.8) is 0 Å². The Labute approximate surface area is 160 Å². The number of imide groups is 1. The lowest BCUT2D eigenvalue weighted by Crippen LogP contribution is -2.54. The maximum absolute atomic E-state index is 13.3. The molecule has 1 aromatic carbocycles. The SMILES string of the molecule is CN1CCC(N(CCc2ccccc2)C(=O)[C@@H]2CCC(=O)NC(=O)N2)CC1. The number of nitrogens with zero attached hydrogens (tertiary/aromatic N) is 2. The summed E-state index contributed by atoms with van der Waals surface area (Å²) in [6, 6.07) is 9.05. The highest BCUT2D eigenvalue weighted by molar-refractivity contribution is 5.98. The monoisotopic (exact) mass is 372 g/mol. The van der Waals surface area contributed by atoms with E-state index in [1.807, 2.05) is 23.1 Å². The Kier molecular flexibility index (Phi) is 6.45. The third-order valence-electron chi connectivity index (χ3n) is 5.41. The topological polar surface area (TPSA) is 81.8 Å². The maximum atomic E-state index is 13.3. The van der Waals surface area contributed by atoms with Crippen LogP contribution in [0, 0.1) is 0 Å². The van der Waals surface area contributed by atoms with Crippen molar-refractivity contribution >= 4 is 17.8 Å². The first-order valence-corrected chi connectivity index (χ1v) is 9.66. The van der Waals surface area contributed by atoms with Crippen LogP contribution in [0.1, 0.15) is 31.2 Å². The summed E-state index contributed by atoms with van der Waals surface area (Å²) in [5.41, 5.74) is 1.19. The van der Waals surface area contributed by atoms with Gasteiger partial charge in [-0.2, -0.15) is 0 Å². The Hall–Kier alpha value is -2.41. The number of rotatable bonds is 5. The van der Waals surface area contributed by atoms with Crippen LogP contribution in [0.5, 0.6) is 0 Å². The molecule has 3 rings (SSSR count). The van der Waals surface area contributed by atoms with Crippen LogP contribution in [-0.4, -0.2) is 66.4 Å². The van der Waals surface area contributed by atoms with Crippen molar-refractivity contribution < 1.29 is 14.4 Å². The van der Waals surface area contributed by atoms with Gasteiger partial charge in [-0.25, -0.2) is 4.79 Å². The van der Waals surface area contributed by atoms with Crippen LogP contribution < -0.4 is 10.6 Å². The largest absolute Gasteiger partial charge is 0.338 e. The maximum Gasteiger partial charge on any atom is 0.322 e. The van der Waals surface area contributed by atoms with E-state index in [4.69, 9.17) is 0 Å². The Bertz CT molecular complexity index is 671. The normalized spacial score (nSPS) is 21.9. The number of urea groups is 1. The summed E-state index contributed by atoms with van der Waals surface area (Å²) in [5.74, 6) is -0.414. The number of nitrogens with one attached hydrogen (secondary N) is 2. The smallest absolute Gasteiger partial charge is 0.322 e. The van der Waals surface area contributed by atoms with E-state index < -0.39 is 12.1 Å². The van der Waals surface area contributed by atoms with Gasteiger partial charge in [0, 0.05) is 19.0 Å². The predicted octanol–water partition coefficient (Wildman–Crippen LogP) is 1.14. The number of amides is 4. The second-order valence-corrected chi connectivity index (χ2v) is 7.41. The van der Waals surface area contributed by atoms with Gasteiger partial charge in [-0.05, 0) is 51.4 Å². The number of hydrogen-bond acceptors (Lipinski definition) is 4. The van der Waals surface area contributed by atoms with Crippen LogP contribution >= 0.6 is 0 Å². The van der Waals surface area contributed by atoms with E-state index in [9.17, 15) is 14.4 Å². The minimum Gasteiger partial charge on any atom is -0.338 e. The Morgan fingerprint density at radius 3 is 2.56 bits per heavy atom. The van der Waals surface area contributed by atoms with Crippen LogP contribution in [0.15, 0.2) is 30.3 Å². The molecular formula is C20H28N4O3. The summed E-state index contributed by atoms with van der Waals surface area (Å²) >= 11 is 0. The molecule has 2 N–H and O–H groups in total. The van der Waals surface area contributed by atoms with Crippen LogP contribution in [-0.2, 0) is 16.0 Å². The van der Waals surface area contributed by atoms with Gasteiger partial charge in [0.2, 0.25) is 11.8 Å². The highest BCUT2D eigenvalue weighted by Crippen LogP contribution is 2.19. The lowest BCUT2D eigenvalue weighted by Gasteiger charge is -2.39. The summed E-state index contributed by atoms with van der Waals surface area (Å²) < 4.78 is 0. The van der Waals surface area contributed by atoms with Gasteiger partial charge in [-0.3, -0.25) is 14.9 Å². The molecule has 0 aliphatic carbocycles. The second kappa shape index (κ2) is 8.99. The average molecular weight is 372 g/mol. The molecule has 2 heterocycles. The van der Waals surface area contributed by atoms with Crippen molar-refractivity contribution in [2.24, 2.45) is 0 Å². The molecule has 2 fully saturated rings. The minimum atomic E-state index is -0.646. The van der Waals surface area contributed by atoms with E-state index in [0.29, 0.717) is 13.0 Å². The van der Waals surface area contributed by atoms with Gasteiger partial charge in [-0.1, -0.05) is 30.3 Å². The lowest BCUT2D eigenvalue weighted by atomic mass is 10.00. The van der Waals surface area contributed by atoms with Crippen LogP contribution in [0.2, 0.25) is 0 Å². The highest BCUT2D eigenvalue weighted by atomic mass is 16.2. The quantitative estimate of drug-likeness (QED) is 0.812. The molecule has 1 aromatic rings. The van der Waals surface area contributed by atoms with Gasteiger partial charge < -0.3 is 15.1 Å². The van der Waals surface area contributed by atoms with E-state index in [2.05, 4.69) is 34.7 Å². The average Bonchev–Trinajstić information content (AvgIpc) is 2.84. The van der Waals surface area contributed by atoms with Crippen molar-refractivity contribution in [3.8, 4) is 0 Å². The molecule has 0 radical (unpaired) electrons. The number of hydrogen-bond donors (Lipinski definition) is 2. The fourth-order valence-corrected chi connectivity index (χ4v) is 3.79. The summed E-state index contributed by atoms with van der Waals surface area (Å²) in [5, 5.41) is 4.91. The number of likely N-dealkylation sites (tertiary alicyclic amines) is 1. The van der Waals surface area contributed by atoms with E-state index >= 15 is 0 Å². The molecule has 7 heteroatoms. The summed E-state index contributed by atoms with van der Waals surface area (Å²) in [6.07, 6.45) is 3.14. The summed E-state index contributed by atoms with van der Waals surface area (Å²) in [7, 11) is 2.09. The van der Waals surface area contributed by atoms with Gasteiger partial charge in [0.1, 0.15) is 6.04 Å². The molecule has 2 aliphatic rings.